The average Bonchev–Trinajstić information content (AvgIpc) is 2.76. The topological polar surface area (TPSA) is 95.7 Å². The largest absolute Gasteiger partial charge is 0.478 e. The summed E-state index contributed by atoms with van der Waals surface area (Å²) in [7, 11) is 0. The normalized spacial score (nSPS) is 18.4. The van der Waals surface area contributed by atoms with E-state index in [-0.39, 0.29) is 17.5 Å². The van der Waals surface area contributed by atoms with Crippen LogP contribution >= 0.6 is 0 Å². The summed E-state index contributed by atoms with van der Waals surface area (Å²) in [5.41, 5.74) is 6.89. The van der Waals surface area contributed by atoms with Crippen molar-refractivity contribution in [3.63, 3.8) is 0 Å². The lowest BCUT2D eigenvalue weighted by molar-refractivity contribution is -0.119. The Bertz CT molecular complexity index is 516. The van der Waals surface area contributed by atoms with E-state index in [0.717, 1.165) is 13.0 Å². The molecule has 0 saturated carbocycles. The van der Waals surface area contributed by atoms with Crippen molar-refractivity contribution in [2.75, 3.05) is 23.7 Å². The van der Waals surface area contributed by atoms with E-state index in [1.807, 2.05) is 4.90 Å². The maximum Gasteiger partial charge on any atom is 0.337 e. The van der Waals surface area contributed by atoms with Crippen LogP contribution in [0.15, 0.2) is 18.2 Å². The number of carbonyl (C=O) groups is 2. The summed E-state index contributed by atoms with van der Waals surface area (Å²) in [6, 6.07) is 4.93. The fourth-order valence-electron chi connectivity index (χ4n) is 2.39. The van der Waals surface area contributed by atoms with E-state index in [4.69, 9.17) is 5.73 Å². The van der Waals surface area contributed by atoms with Crippen LogP contribution in [-0.2, 0) is 4.79 Å². The van der Waals surface area contributed by atoms with E-state index in [9.17, 15) is 14.7 Å². The second-order valence-corrected chi connectivity index (χ2v) is 4.71. The molecule has 0 radical (unpaired) electrons. The molecule has 0 aromatic heterocycles. The van der Waals surface area contributed by atoms with Gasteiger partial charge < -0.3 is 21.1 Å². The number of amides is 1. The zero-order valence-corrected chi connectivity index (χ0v) is 10.7. The van der Waals surface area contributed by atoms with E-state index in [0.29, 0.717) is 17.9 Å². The van der Waals surface area contributed by atoms with Crippen molar-refractivity contribution in [2.45, 2.75) is 19.4 Å². The highest BCUT2D eigenvalue weighted by atomic mass is 16.4. The van der Waals surface area contributed by atoms with Gasteiger partial charge in [0.2, 0.25) is 5.91 Å². The Labute approximate surface area is 111 Å². The molecule has 6 heteroatoms. The minimum atomic E-state index is -0.995. The maximum absolute atomic E-state index is 11.2. The van der Waals surface area contributed by atoms with E-state index in [1.54, 1.807) is 12.1 Å². The number of carboxylic acid groups (broad SMARTS) is 1. The predicted octanol–water partition coefficient (Wildman–Crippen LogP) is 0.682. The highest BCUT2D eigenvalue weighted by molar-refractivity contribution is 5.95. The van der Waals surface area contributed by atoms with E-state index in [2.05, 4.69) is 5.32 Å². The molecular formula is C13H17N3O3. The lowest BCUT2D eigenvalue weighted by Gasteiger charge is -2.21. The Morgan fingerprint density at radius 2 is 2.21 bits per heavy atom. The van der Waals surface area contributed by atoms with Crippen molar-refractivity contribution in [3.8, 4) is 0 Å². The van der Waals surface area contributed by atoms with Gasteiger partial charge in [-0.25, -0.2) is 4.79 Å². The van der Waals surface area contributed by atoms with Crippen LogP contribution in [0.4, 0.5) is 11.4 Å². The Balaban J connectivity index is 2.19. The van der Waals surface area contributed by atoms with Gasteiger partial charge in [-0.05, 0) is 24.6 Å². The Morgan fingerprint density at radius 1 is 1.47 bits per heavy atom. The number of aromatic carboxylic acids is 1. The van der Waals surface area contributed by atoms with Crippen molar-refractivity contribution in [1.29, 1.82) is 0 Å². The summed E-state index contributed by atoms with van der Waals surface area (Å²) < 4.78 is 0. The fraction of sp³-hybridized carbons (Fsp3) is 0.385. The van der Waals surface area contributed by atoms with Gasteiger partial charge in [0.25, 0.3) is 0 Å². The molecule has 19 heavy (non-hydrogen) atoms. The third kappa shape index (κ3) is 2.96. The van der Waals surface area contributed by atoms with Crippen molar-refractivity contribution < 1.29 is 14.7 Å². The van der Waals surface area contributed by atoms with Crippen molar-refractivity contribution in [3.05, 3.63) is 23.8 Å². The van der Waals surface area contributed by atoms with Gasteiger partial charge in [0.15, 0.2) is 0 Å². The number of carbonyl (C=O) groups excluding carboxylic acids is 1. The van der Waals surface area contributed by atoms with Gasteiger partial charge in [-0.15, -0.1) is 0 Å². The highest BCUT2D eigenvalue weighted by Gasteiger charge is 2.26. The minimum absolute atomic E-state index is 0.0664. The lowest BCUT2D eigenvalue weighted by Crippen LogP contribution is -2.35. The number of nitrogens with one attached hydrogen (secondary N) is 1. The van der Waals surface area contributed by atoms with Gasteiger partial charge in [0, 0.05) is 31.7 Å². The number of nitrogen functional groups attached to an aromatic ring is 1. The van der Waals surface area contributed by atoms with Crippen LogP contribution in [0.25, 0.3) is 0 Å². The number of benzene rings is 1. The van der Waals surface area contributed by atoms with E-state index in [1.165, 1.54) is 13.0 Å². The molecule has 102 valence electrons. The number of hydrogen-bond donors (Lipinski definition) is 3. The third-order valence-corrected chi connectivity index (χ3v) is 3.19. The second-order valence-electron chi connectivity index (χ2n) is 4.71. The molecule has 1 atom stereocenters. The minimum Gasteiger partial charge on any atom is -0.478 e. The SMILES string of the molecule is CC(=O)NC1CCN(c2ccc(N)cc2C(=O)O)C1. The highest BCUT2D eigenvalue weighted by Crippen LogP contribution is 2.26. The van der Waals surface area contributed by atoms with Crippen molar-refractivity contribution in [1.82, 2.24) is 5.32 Å². The molecular weight excluding hydrogens is 246 g/mol. The van der Waals surface area contributed by atoms with Crippen LogP contribution in [-0.4, -0.2) is 36.1 Å². The fourth-order valence-corrected chi connectivity index (χ4v) is 2.39. The molecule has 2 rings (SSSR count). The first-order valence-electron chi connectivity index (χ1n) is 6.12. The molecule has 1 aliphatic rings. The standard InChI is InChI=1S/C13H17N3O3/c1-8(17)15-10-4-5-16(7-10)12-3-2-9(14)6-11(12)13(18)19/h2-3,6,10H,4-5,7,14H2,1H3,(H,15,17)(H,18,19). The monoisotopic (exact) mass is 263 g/mol. The van der Waals surface area contributed by atoms with Crippen LogP contribution in [0.1, 0.15) is 23.7 Å². The number of nitrogens with two attached hydrogens (primary N) is 1. The van der Waals surface area contributed by atoms with Crippen LogP contribution < -0.4 is 16.0 Å². The summed E-state index contributed by atoms with van der Waals surface area (Å²) in [6.07, 6.45) is 0.809. The first-order valence-corrected chi connectivity index (χ1v) is 6.12. The lowest BCUT2D eigenvalue weighted by atomic mass is 10.1. The van der Waals surface area contributed by atoms with E-state index < -0.39 is 5.97 Å². The molecule has 1 amide bonds. The molecule has 1 saturated heterocycles. The van der Waals surface area contributed by atoms with Gasteiger partial charge >= 0.3 is 5.97 Å². The molecule has 0 aliphatic carbocycles. The molecule has 0 bridgehead atoms. The smallest absolute Gasteiger partial charge is 0.337 e. The van der Waals surface area contributed by atoms with E-state index >= 15 is 0 Å². The van der Waals surface area contributed by atoms with Gasteiger partial charge in [-0.1, -0.05) is 0 Å². The molecule has 1 aromatic carbocycles. The van der Waals surface area contributed by atoms with Crippen LogP contribution in [0.5, 0.6) is 0 Å². The molecule has 6 nitrogen and oxygen atoms in total. The van der Waals surface area contributed by atoms with Crippen molar-refractivity contribution >= 4 is 23.3 Å². The third-order valence-electron chi connectivity index (χ3n) is 3.19. The molecule has 1 heterocycles. The number of nitrogens with zero attached hydrogens (tertiary/aromatic N) is 1. The summed E-state index contributed by atoms with van der Waals surface area (Å²) in [4.78, 5) is 24.2. The number of hydrogen-bond acceptors (Lipinski definition) is 4. The van der Waals surface area contributed by atoms with Crippen LogP contribution in [0.2, 0.25) is 0 Å². The molecule has 4 N–H and O–H groups in total. The Kier molecular flexibility index (Phi) is 3.59. The Morgan fingerprint density at radius 3 is 2.84 bits per heavy atom. The van der Waals surface area contributed by atoms with Crippen LogP contribution in [0.3, 0.4) is 0 Å². The van der Waals surface area contributed by atoms with Crippen LogP contribution in [0, 0.1) is 0 Å². The summed E-state index contributed by atoms with van der Waals surface area (Å²) in [5.74, 6) is -1.06. The Hall–Kier alpha value is -2.24. The van der Waals surface area contributed by atoms with Crippen molar-refractivity contribution in [2.24, 2.45) is 0 Å². The number of anilines is 2. The van der Waals surface area contributed by atoms with Gasteiger partial charge in [0.05, 0.1) is 11.3 Å². The number of carboxylic acids is 1. The summed E-state index contributed by atoms with van der Waals surface area (Å²) >= 11 is 0. The molecule has 1 unspecified atom stereocenters. The zero-order chi connectivity index (χ0) is 14.0. The number of rotatable bonds is 3. The molecule has 1 aromatic rings. The summed E-state index contributed by atoms with van der Waals surface area (Å²) in [5, 5.41) is 12.1. The van der Waals surface area contributed by atoms with Gasteiger partial charge in [-0.2, -0.15) is 0 Å². The molecule has 1 fully saturated rings. The quantitative estimate of drug-likeness (QED) is 0.697. The van der Waals surface area contributed by atoms with Gasteiger partial charge in [-0.3, -0.25) is 4.79 Å². The second kappa shape index (κ2) is 5.17. The van der Waals surface area contributed by atoms with Gasteiger partial charge in [0.1, 0.15) is 0 Å². The molecule has 1 aliphatic heterocycles. The molecule has 0 spiro atoms. The predicted molar refractivity (Wildman–Crippen MR) is 72.2 cm³/mol. The first kappa shape index (κ1) is 13.2. The maximum atomic E-state index is 11.2. The summed E-state index contributed by atoms with van der Waals surface area (Å²) in [6.45, 7) is 2.81. The first-order chi connectivity index (χ1) is 8.97. The zero-order valence-electron chi connectivity index (χ0n) is 10.7. The average molecular weight is 263 g/mol.